The van der Waals surface area contributed by atoms with E-state index in [4.69, 9.17) is 16.3 Å². The Morgan fingerprint density at radius 2 is 1.62 bits per heavy atom. The number of halogens is 2. The van der Waals surface area contributed by atoms with Gasteiger partial charge in [-0.05, 0) is 24.3 Å². The average Bonchev–Trinajstić information content (AvgIpc) is 2.64. The maximum atomic E-state index is 6.23. The van der Waals surface area contributed by atoms with Crippen LogP contribution in [0.2, 0.25) is 5.02 Å². The number of methoxy groups -OCH3 is 1. The van der Waals surface area contributed by atoms with Crippen LogP contribution in [0.25, 0.3) is 11.0 Å². The summed E-state index contributed by atoms with van der Waals surface area (Å²) in [4.78, 5) is 9.14. The van der Waals surface area contributed by atoms with Crippen LogP contribution in [0, 0.1) is 0 Å². The van der Waals surface area contributed by atoms with Gasteiger partial charge in [-0.25, -0.2) is 9.97 Å². The molecule has 0 amide bonds. The number of fused-ring (bicyclic) bond motifs is 1. The third kappa shape index (κ3) is 4.18. The highest BCUT2D eigenvalue weighted by Gasteiger charge is 2.10. The van der Waals surface area contributed by atoms with Crippen LogP contribution in [0.3, 0.4) is 0 Å². The molecule has 1 aromatic heterocycles. The number of rotatable bonds is 4. The van der Waals surface area contributed by atoms with Crippen molar-refractivity contribution in [2.24, 2.45) is 0 Å². The summed E-state index contributed by atoms with van der Waals surface area (Å²) in [6.45, 7) is 4.00. The van der Waals surface area contributed by atoms with E-state index >= 15 is 0 Å². The molecule has 0 saturated heterocycles. The van der Waals surface area contributed by atoms with Gasteiger partial charge in [0.1, 0.15) is 5.75 Å². The number of aromatic nitrogens is 2. The first kappa shape index (κ1) is 18.5. The monoisotopic (exact) mass is 456 g/mol. The highest BCUT2D eigenvalue weighted by Crippen LogP contribution is 2.32. The fourth-order valence-electron chi connectivity index (χ4n) is 2.01. The SMILES string of the molecule is CC.COc1ccc(Cl)c(Nc2nc3ccccc3nc2NI)c1. The molecular formula is C17H18ClIN4O. The van der Waals surface area contributed by atoms with E-state index in [0.29, 0.717) is 28.1 Å². The molecule has 2 aromatic carbocycles. The second kappa shape index (κ2) is 8.89. The van der Waals surface area contributed by atoms with Crippen molar-refractivity contribution in [2.75, 3.05) is 16.0 Å². The van der Waals surface area contributed by atoms with E-state index in [0.717, 1.165) is 11.0 Å². The number of benzene rings is 2. The maximum absolute atomic E-state index is 6.23. The fraction of sp³-hybridized carbons (Fsp3) is 0.176. The lowest BCUT2D eigenvalue weighted by Crippen LogP contribution is -2.01. The van der Waals surface area contributed by atoms with Crippen molar-refractivity contribution in [2.45, 2.75) is 13.8 Å². The van der Waals surface area contributed by atoms with E-state index in [9.17, 15) is 0 Å². The summed E-state index contributed by atoms with van der Waals surface area (Å²) in [5.41, 5.74) is 2.34. The second-order valence-electron chi connectivity index (χ2n) is 4.47. The van der Waals surface area contributed by atoms with Crippen molar-refractivity contribution >= 4 is 62.8 Å². The maximum Gasteiger partial charge on any atom is 0.178 e. The smallest absolute Gasteiger partial charge is 0.178 e. The minimum absolute atomic E-state index is 0.579. The topological polar surface area (TPSA) is 59.1 Å². The fourth-order valence-corrected chi connectivity index (χ4v) is 2.55. The molecule has 0 atom stereocenters. The van der Waals surface area contributed by atoms with Crippen molar-refractivity contribution in [1.82, 2.24) is 9.97 Å². The Kier molecular flexibility index (Phi) is 6.86. The van der Waals surface area contributed by atoms with Gasteiger partial charge in [0, 0.05) is 6.07 Å². The molecule has 0 fully saturated rings. The molecule has 24 heavy (non-hydrogen) atoms. The van der Waals surface area contributed by atoms with Gasteiger partial charge < -0.3 is 13.6 Å². The lowest BCUT2D eigenvalue weighted by Gasteiger charge is -2.12. The molecule has 1 heterocycles. The van der Waals surface area contributed by atoms with Gasteiger partial charge in [-0.15, -0.1) is 0 Å². The number of hydrogen-bond donors (Lipinski definition) is 2. The van der Waals surface area contributed by atoms with Gasteiger partial charge in [0.05, 0.1) is 51.7 Å². The quantitative estimate of drug-likeness (QED) is 0.382. The number of para-hydroxylation sites is 2. The molecule has 0 radical (unpaired) electrons. The Bertz CT molecular complexity index is 829. The summed E-state index contributed by atoms with van der Waals surface area (Å²) in [7, 11) is 1.61. The first-order chi connectivity index (χ1) is 11.7. The average molecular weight is 457 g/mol. The number of ether oxygens (including phenoxy) is 1. The standard InChI is InChI=1S/C15H12ClIN4O.C2H6/c1-22-9-6-7-10(16)13(8-9)20-14-15(21-17)19-12-5-3-2-4-11(12)18-14;1-2/h2-8H,1H3,(H,18,20)(H,19,21);1-2H3. The molecular weight excluding hydrogens is 439 g/mol. The minimum Gasteiger partial charge on any atom is -0.497 e. The summed E-state index contributed by atoms with van der Waals surface area (Å²) in [5, 5.41) is 3.78. The van der Waals surface area contributed by atoms with Crippen LogP contribution in [0.4, 0.5) is 17.3 Å². The van der Waals surface area contributed by atoms with E-state index in [-0.39, 0.29) is 0 Å². The van der Waals surface area contributed by atoms with Gasteiger partial charge in [-0.2, -0.15) is 0 Å². The molecule has 0 unspecified atom stereocenters. The van der Waals surface area contributed by atoms with E-state index in [2.05, 4.69) is 18.8 Å². The van der Waals surface area contributed by atoms with E-state index in [1.807, 2.05) is 67.0 Å². The Hall–Kier alpha value is -1.80. The van der Waals surface area contributed by atoms with Gasteiger partial charge in [0.2, 0.25) is 0 Å². The molecule has 0 aliphatic carbocycles. The van der Waals surface area contributed by atoms with E-state index in [1.165, 1.54) is 0 Å². The third-order valence-electron chi connectivity index (χ3n) is 3.09. The molecule has 0 bridgehead atoms. The van der Waals surface area contributed by atoms with Crippen molar-refractivity contribution in [3.8, 4) is 5.75 Å². The molecule has 2 N–H and O–H groups in total. The van der Waals surface area contributed by atoms with Crippen LogP contribution in [0.1, 0.15) is 13.8 Å². The molecule has 3 rings (SSSR count). The Morgan fingerprint density at radius 3 is 2.21 bits per heavy atom. The molecule has 126 valence electrons. The Balaban J connectivity index is 0.00000100. The lowest BCUT2D eigenvalue weighted by atomic mass is 10.3. The zero-order chi connectivity index (χ0) is 17.5. The van der Waals surface area contributed by atoms with Gasteiger partial charge in [0.25, 0.3) is 0 Å². The summed E-state index contributed by atoms with van der Waals surface area (Å²) in [6.07, 6.45) is 0. The number of nitrogens with one attached hydrogen (secondary N) is 2. The van der Waals surface area contributed by atoms with Crippen LogP contribution in [0.5, 0.6) is 5.75 Å². The highest BCUT2D eigenvalue weighted by molar-refractivity contribution is 14.1. The number of nitrogens with zero attached hydrogens (tertiary/aromatic N) is 2. The third-order valence-corrected chi connectivity index (χ3v) is 3.93. The zero-order valence-electron chi connectivity index (χ0n) is 13.6. The van der Waals surface area contributed by atoms with E-state index < -0.39 is 0 Å². The highest BCUT2D eigenvalue weighted by atomic mass is 127. The Morgan fingerprint density at radius 1 is 1.00 bits per heavy atom. The van der Waals surface area contributed by atoms with Crippen LogP contribution in [-0.2, 0) is 0 Å². The van der Waals surface area contributed by atoms with Gasteiger partial charge >= 0.3 is 0 Å². The van der Waals surface area contributed by atoms with Crippen LogP contribution >= 0.6 is 34.5 Å². The normalized spacial score (nSPS) is 9.88. The summed E-state index contributed by atoms with van der Waals surface area (Å²) >= 11 is 8.26. The molecule has 0 saturated carbocycles. The van der Waals surface area contributed by atoms with Gasteiger partial charge in [0.15, 0.2) is 11.6 Å². The predicted molar refractivity (Wildman–Crippen MR) is 110 cm³/mol. The molecule has 0 aliphatic heterocycles. The first-order valence-electron chi connectivity index (χ1n) is 7.45. The molecule has 5 nitrogen and oxygen atoms in total. The molecule has 3 aromatic rings. The van der Waals surface area contributed by atoms with Gasteiger partial charge in [-0.1, -0.05) is 37.6 Å². The molecule has 0 spiro atoms. The summed E-state index contributed by atoms with van der Waals surface area (Å²) < 4.78 is 8.24. The van der Waals surface area contributed by atoms with Crippen molar-refractivity contribution in [3.63, 3.8) is 0 Å². The van der Waals surface area contributed by atoms with Gasteiger partial charge in [-0.3, -0.25) is 0 Å². The van der Waals surface area contributed by atoms with Crippen molar-refractivity contribution < 1.29 is 4.74 Å². The predicted octanol–water partition coefficient (Wildman–Crippen LogP) is 5.82. The Labute approximate surface area is 160 Å². The van der Waals surface area contributed by atoms with Crippen molar-refractivity contribution in [3.05, 3.63) is 47.5 Å². The minimum atomic E-state index is 0.579. The van der Waals surface area contributed by atoms with Crippen LogP contribution < -0.4 is 13.6 Å². The number of anilines is 3. The zero-order valence-corrected chi connectivity index (χ0v) is 16.5. The largest absolute Gasteiger partial charge is 0.497 e. The lowest BCUT2D eigenvalue weighted by molar-refractivity contribution is 0.415. The molecule has 0 aliphatic rings. The number of hydrogen-bond acceptors (Lipinski definition) is 5. The van der Waals surface area contributed by atoms with Crippen molar-refractivity contribution in [1.29, 1.82) is 0 Å². The summed E-state index contributed by atoms with van der Waals surface area (Å²) in [5.74, 6) is 1.95. The van der Waals surface area contributed by atoms with Crippen LogP contribution in [0.15, 0.2) is 42.5 Å². The van der Waals surface area contributed by atoms with Crippen LogP contribution in [-0.4, -0.2) is 17.1 Å². The van der Waals surface area contributed by atoms with E-state index in [1.54, 1.807) is 19.2 Å². The summed E-state index contributed by atoms with van der Waals surface area (Å²) in [6, 6.07) is 13.1. The molecule has 7 heteroatoms. The first-order valence-corrected chi connectivity index (χ1v) is 8.91. The second-order valence-corrected chi connectivity index (χ2v) is 5.42.